The summed E-state index contributed by atoms with van der Waals surface area (Å²) in [5, 5.41) is 0. The molecule has 2 aliphatic carbocycles. The number of hydrogen-bond acceptors (Lipinski definition) is 3. The van der Waals surface area contributed by atoms with Gasteiger partial charge in [0.25, 0.3) is 0 Å². The molecule has 1 saturated carbocycles. The molecule has 0 N–H and O–H groups in total. The average molecular weight is 265 g/mol. The van der Waals surface area contributed by atoms with Gasteiger partial charge in [-0.2, -0.15) is 0 Å². The Kier molecular flexibility index (Phi) is 4.61. The Hall–Kier alpha value is -1.32. The number of amides is 1. The molecule has 1 fully saturated rings. The zero-order valence-corrected chi connectivity index (χ0v) is 11.8. The van der Waals surface area contributed by atoms with Crippen molar-refractivity contribution in [1.29, 1.82) is 0 Å². The second-order valence-electron chi connectivity index (χ2n) is 5.45. The van der Waals surface area contributed by atoms with Crippen LogP contribution < -0.4 is 0 Å². The lowest BCUT2D eigenvalue weighted by molar-refractivity contribution is -0.150. The number of fused-ring (bicyclic) bond motifs is 2. The molecule has 0 aromatic carbocycles. The maximum Gasteiger partial charge on any atom is 0.325 e. The van der Waals surface area contributed by atoms with E-state index in [0.29, 0.717) is 25.0 Å². The van der Waals surface area contributed by atoms with Crippen LogP contribution in [0.4, 0.5) is 0 Å². The fourth-order valence-corrected chi connectivity index (χ4v) is 3.20. The minimum absolute atomic E-state index is 0.0796. The number of hydrogen-bond donors (Lipinski definition) is 0. The fraction of sp³-hybridized carbons (Fsp3) is 0.733. The minimum Gasteiger partial charge on any atom is -0.465 e. The molecule has 19 heavy (non-hydrogen) atoms. The van der Waals surface area contributed by atoms with Crippen molar-refractivity contribution in [3.8, 4) is 0 Å². The van der Waals surface area contributed by atoms with E-state index in [1.807, 2.05) is 6.92 Å². The predicted molar refractivity (Wildman–Crippen MR) is 72.3 cm³/mol. The van der Waals surface area contributed by atoms with Gasteiger partial charge in [0.1, 0.15) is 6.54 Å². The van der Waals surface area contributed by atoms with Crippen LogP contribution in [0.25, 0.3) is 0 Å². The largest absolute Gasteiger partial charge is 0.465 e. The summed E-state index contributed by atoms with van der Waals surface area (Å²) in [6.45, 7) is 4.90. The SMILES string of the molecule is CCCN(CC(=O)OCC)C(=O)C1CC2C=CC1C2. The molecule has 4 heteroatoms. The molecular formula is C15H23NO3. The molecule has 1 amide bonds. The van der Waals surface area contributed by atoms with Gasteiger partial charge in [0.2, 0.25) is 5.91 Å². The Morgan fingerprint density at radius 2 is 2.05 bits per heavy atom. The van der Waals surface area contributed by atoms with E-state index in [1.165, 1.54) is 0 Å². The Labute approximate surface area is 114 Å². The zero-order valence-electron chi connectivity index (χ0n) is 11.8. The first-order valence-corrected chi connectivity index (χ1v) is 7.28. The van der Waals surface area contributed by atoms with Crippen molar-refractivity contribution in [2.24, 2.45) is 17.8 Å². The van der Waals surface area contributed by atoms with Crippen LogP contribution in [-0.2, 0) is 14.3 Å². The van der Waals surface area contributed by atoms with E-state index >= 15 is 0 Å². The van der Waals surface area contributed by atoms with Gasteiger partial charge in [-0.05, 0) is 38.0 Å². The molecule has 3 atom stereocenters. The lowest BCUT2D eigenvalue weighted by atomic mass is 9.92. The van der Waals surface area contributed by atoms with E-state index in [2.05, 4.69) is 12.2 Å². The molecule has 0 aromatic rings. The summed E-state index contributed by atoms with van der Waals surface area (Å²) in [7, 11) is 0. The highest BCUT2D eigenvalue weighted by Crippen LogP contribution is 2.44. The van der Waals surface area contributed by atoms with Gasteiger partial charge in [0.15, 0.2) is 0 Å². The third kappa shape index (κ3) is 3.17. The number of carbonyl (C=O) groups excluding carboxylic acids is 2. The first-order chi connectivity index (χ1) is 9.15. The molecule has 3 unspecified atom stereocenters. The van der Waals surface area contributed by atoms with Gasteiger partial charge in [-0.25, -0.2) is 0 Å². The van der Waals surface area contributed by atoms with E-state index < -0.39 is 0 Å². The molecule has 2 aliphatic rings. The molecule has 0 saturated heterocycles. The third-order valence-electron chi connectivity index (χ3n) is 4.03. The van der Waals surface area contributed by atoms with Crippen LogP contribution >= 0.6 is 0 Å². The molecule has 2 bridgehead atoms. The van der Waals surface area contributed by atoms with Crippen molar-refractivity contribution < 1.29 is 14.3 Å². The van der Waals surface area contributed by atoms with Crippen LogP contribution in [-0.4, -0.2) is 36.5 Å². The van der Waals surface area contributed by atoms with E-state index in [0.717, 1.165) is 19.3 Å². The maximum absolute atomic E-state index is 12.5. The van der Waals surface area contributed by atoms with Crippen LogP contribution in [0.3, 0.4) is 0 Å². The van der Waals surface area contributed by atoms with Gasteiger partial charge in [0.05, 0.1) is 6.61 Å². The van der Waals surface area contributed by atoms with Crippen molar-refractivity contribution in [2.45, 2.75) is 33.1 Å². The Bertz CT molecular complexity index is 378. The minimum atomic E-state index is -0.303. The summed E-state index contributed by atoms with van der Waals surface area (Å²) in [6, 6.07) is 0. The van der Waals surface area contributed by atoms with Gasteiger partial charge in [-0.15, -0.1) is 0 Å². The van der Waals surface area contributed by atoms with Gasteiger partial charge in [-0.3, -0.25) is 9.59 Å². The zero-order chi connectivity index (χ0) is 13.8. The second kappa shape index (κ2) is 6.22. The average Bonchev–Trinajstić information content (AvgIpc) is 3.00. The smallest absolute Gasteiger partial charge is 0.325 e. The highest BCUT2D eigenvalue weighted by Gasteiger charge is 2.41. The van der Waals surface area contributed by atoms with Crippen molar-refractivity contribution in [3.63, 3.8) is 0 Å². The monoisotopic (exact) mass is 265 g/mol. The molecule has 0 radical (unpaired) electrons. The summed E-state index contributed by atoms with van der Waals surface area (Å²) >= 11 is 0. The maximum atomic E-state index is 12.5. The molecule has 0 aliphatic heterocycles. The first-order valence-electron chi connectivity index (χ1n) is 7.28. The van der Waals surface area contributed by atoms with E-state index in [1.54, 1.807) is 11.8 Å². The van der Waals surface area contributed by atoms with Crippen molar-refractivity contribution in [1.82, 2.24) is 4.90 Å². The van der Waals surface area contributed by atoms with Crippen LogP contribution in [0.1, 0.15) is 33.1 Å². The summed E-state index contributed by atoms with van der Waals surface area (Å²) in [5.74, 6) is 0.870. The summed E-state index contributed by atoms with van der Waals surface area (Å²) < 4.78 is 4.95. The van der Waals surface area contributed by atoms with E-state index in [9.17, 15) is 9.59 Å². The van der Waals surface area contributed by atoms with Gasteiger partial charge in [-0.1, -0.05) is 19.1 Å². The summed E-state index contributed by atoms with van der Waals surface area (Å²) in [5.41, 5.74) is 0. The quantitative estimate of drug-likeness (QED) is 0.545. The summed E-state index contributed by atoms with van der Waals surface area (Å²) in [4.78, 5) is 25.8. The lowest BCUT2D eigenvalue weighted by Crippen LogP contribution is -2.41. The normalized spacial score (nSPS) is 27.6. The Morgan fingerprint density at radius 1 is 1.26 bits per heavy atom. The van der Waals surface area contributed by atoms with E-state index in [-0.39, 0.29) is 24.3 Å². The van der Waals surface area contributed by atoms with Crippen LogP contribution in [0.2, 0.25) is 0 Å². The van der Waals surface area contributed by atoms with Gasteiger partial charge < -0.3 is 9.64 Å². The lowest BCUT2D eigenvalue weighted by Gasteiger charge is -2.27. The topological polar surface area (TPSA) is 46.6 Å². The molecule has 0 aromatic heterocycles. The standard InChI is InChI=1S/C15H23NO3/c1-3-7-16(10-14(17)19-4-2)15(18)13-9-11-5-6-12(13)8-11/h5-6,11-13H,3-4,7-10H2,1-2H3. The number of ether oxygens (including phenoxy) is 1. The predicted octanol–water partition coefficient (Wildman–Crippen LogP) is 2.00. The first kappa shape index (κ1) is 14.1. The molecular weight excluding hydrogens is 242 g/mol. The molecule has 0 heterocycles. The highest BCUT2D eigenvalue weighted by molar-refractivity contribution is 5.84. The molecule has 106 valence electrons. The van der Waals surface area contributed by atoms with Gasteiger partial charge in [0, 0.05) is 12.5 Å². The second-order valence-corrected chi connectivity index (χ2v) is 5.45. The molecule has 0 spiro atoms. The van der Waals surface area contributed by atoms with Crippen LogP contribution in [0, 0.1) is 17.8 Å². The van der Waals surface area contributed by atoms with E-state index in [4.69, 9.17) is 4.74 Å². The highest BCUT2D eigenvalue weighted by atomic mass is 16.5. The number of carbonyl (C=O) groups is 2. The Morgan fingerprint density at radius 3 is 2.58 bits per heavy atom. The van der Waals surface area contributed by atoms with Gasteiger partial charge >= 0.3 is 5.97 Å². The Balaban J connectivity index is 1.96. The van der Waals surface area contributed by atoms with Crippen molar-refractivity contribution in [2.75, 3.05) is 19.7 Å². The molecule has 2 rings (SSSR count). The number of allylic oxidation sites excluding steroid dienone is 2. The van der Waals surface area contributed by atoms with Crippen LogP contribution in [0.5, 0.6) is 0 Å². The number of esters is 1. The van der Waals surface area contributed by atoms with Crippen molar-refractivity contribution in [3.05, 3.63) is 12.2 Å². The summed E-state index contributed by atoms with van der Waals surface area (Å²) in [6.07, 6.45) is 7.32. The fourth-order valence-electron chi connectivity index (χ4n) is 3.20. The number of rotatable bonds is 6. The van der Waals surface area contributed by atoms with Crippen LogP contribution in [0.15, 0.2) is 12.2 Å². The number of nitrogens with zero attached hydrogens (tertiary/aromatic N) is 1. The third-order valence-corrected chi connectivity index (χ3v) is 4.03. The molecule has 4 nitrogen and oxygen atoms in total. The van der Waals surface area contributed by atoms with Crippen molar-refractivity contribution >= 4 is 11.9 Å².